The zero-order valence-electron chi connectivity index (χ0n) is 16.1. The Kier molecular flexibility index (Phi) is 6.85. The molecule has 148 valence electrons. The van der Waals surface area contributed by atoms with Gasteiger partial charge in [0.25, 0.3) is 0 Å². The summed E-state index contributed by atoms with van der Waals surface area (Å²) in [6.45, 7) is 4.42. The molecule has 4 nitrogen and oxygen atoms in total. The van der Waals surface area contributed by atoms with E-state index in [0.717, 1.165) is 53.5 Å². The van der Waals surface area contributed by atoms with E-state index in [0.29, 0.717) is 17.9 Å². The highest BCUT2D eigenvalue weighted by molar-refractivity contribution is 6.31. The molecule has 5 heteroatoms. The van der Waals surface area contributed by atoms with Gasteiger partial charge in [-0.15, -0.1) is 0 Å². The van der Waals surface area contributed by atoms with E-state index in [9.17, 15) is 10.2 Å². The highest BCUT2D eigenvalue weighted by Crippen LogP contribution is 2.45. The van der Waals surface area contributed by atoms with Crippen LogP contribution in [0.3, 0.4) is 0 Å². The topological polar surface area (TPSA) is 58.9 Å². The minimum atomic E-state index is -0.492. The molecule has 2 unspecified atom stereocenters. The van der Waals surface area contributed by atoms with Gasteiger partial charge in [0.15, 0.2) is 0 Å². The Morgan fingerprint density at radius 3 is 1.93 bits per heavy atom. The molecule has 0 aromatic heterocycles. The van der Waals surface area contributed by atoms with Crippen LogP contribution in [0.5, 0.6) is 11.5 Å². The van der Waals surface area contributed by atoms with Gasteiger partial charge >= 0.3 is 0 Å². The SMILES string of the molecule is CCC(O)COc1c2c(c(OCC(O)CC)c3cc(Cl)ccc13)CCCC2. The highest BCUT2D eigenvalue weighted by atomic mass is 35.5. The third-order valence-corrected chi connectivity index (χ3v) is 5.50. The van der Waals surface area contributed by atoms with Gasteiger partial charge in [-0.2, -0.15) is 0 Å². The maximum absolute atomic E-state index is 9.97. The molecule has 0 aliphatic heterocycles. The lowest BCUT2D eigenvalue weighted by atomic mass is 9.87. The molecule has 2 N–H and O–H groups in total. The summed E-state index contributed by atoms with van der Waals surface area (Å²) < 4.78 is 12.2. The molecule has 1 aliphatic rings. The van der Waals surface area contributed by atoms with Crippen LogP contribution >= 0.6 is 11.6 Å². The lowest BCUT2D eigenvalue weighted by molar-refractivity contribution is 0.102. The predicted octanol–water partition coefficient (Wildman–Crippen LogP) is 4.67. The second-order valence-electron chi connectivity index (χ2n) is 7.26. The molecule has 27 heavy (non-hydrogen) atoms. The highest BCUT2D eigenvalue weighted by Gasteiger charge is 2.24. The van der Waals surface area contributed by atoms with Gasteiger partial charge in [-0.3, -0.25) is 0 Å². The van der Waals surface area contributed by atoms with E-state index in [1.165, 1.54) is 5.56 Å². The Bertz CT molecular complexity index is 790. The molecule has 0 saturated heterocycles. The molecule has 2 aromatic rings. The third-order valence-electron chi connectivity index (χ3n) is 5.27. The molecule has 1 aliphatic carbocycles. The monoisotopic (exact) mass is 392 g/mol. The zero-order chi connectivity index (χ0) is 19.4. The van der Waals surface area contributed by atoms with Crippen molar-refractivity contribution in [3.63, 3.8) is 0 Å². The van der Waals surface area contributed by atoms with Crippen molar-refractivity contribution < 1.29 is 19.7 Å². The van der Waals surface area contributed by atoms with Crippen molar-refractivity contribution in [2.24, 2.45) is 0 Å². The second kappa shape index (κ2) is 9.13. The molecule has 0 fully saturated rings. The van der Waals surface area contributed by atoms with Gasteiger partial charge in [0.2, 0.25) is 0 Å². The average molecular weight is 393 g/mol. The van der Waals surface area contributed by atoms with Crippen molar-refractivity contribution in [1.29, 1.82) is 0 Å². The molecule has 0 bridgehead atoms. The standard InChI is InChI=1S/C22H29ClO4/c1-3-15(24)12-26-21-17-7-5-6-8-18(17)22(27-13-16(25)4-2)20-11-14(23)9-10-19(20)21/h9-11,15-16,24-25H,3-8,12-13H2,1-2H3. The van der Waals surface area contributed by atoms with Crippen molar-refractivity contribution in [3.05, 3.63) is 34.3 Å². The van der Waals surface area contributed by atoms with E-state index in [4.69, 9.17) is 21.1 Å². The van der Waals surface area contributed by atoms with Gasteiger partial charge in [-0.05, 0) is 56.7 Å². The number of rotatable bonds is 8. The summed E-state index contributed by atoms with van der Waals surface area (Å²) in [5.41, 5.74) is 2.32. The van der Waals surface area contributed by atoms with Gasteiger partial charge in [0.05, 0.1) is 12.2 Å². The van der Waals surface area contributed by atoms with E-state index >= 15 is 0 Å². The Labute approximate surface area is 166 Å². The molecular formula is C22H29ClO4. The number of ether oxygens (including phenoxy) is 2. The fourth-order valence-corrected chi connectivity index (χ4v) is 3.73. The first kappa shape index (κ1) is 20.2. The smallest absolute Gasteiger partial charge is 0.131 e. The third kappa shape index (κ3) is 4.50. The minimum Gasteiger partial charge on any atom is -0.490 e. The summed E-state index contributed by atoms with van der Waals surface area (Å²) in [4.78, 5) is 0. The number of benzene rings is 2. The fourth-order valence-electron chi connectivity index (χ4n) is 3.56. The van der Waals surface area contributed by atoms with Crippen LogP contribution in [0.2, 0.25) is 5.02 Å². The Hall–Kier alpha value is -1.49. The maximum atomic E-state index is 9.97. The van der Waals surface area contributed by atoms with Gasteiger partial charge in [0, 0.05) is 26.9 Å². The van der Waals surface area contributed by atoms with E-state index in [2.05, 4.69) is 0 Å². The molecule has 0 radical (unpaired) electrons. The molecule has 3 rings (SSSR count). The van der Waals surface area contributed by atoms with E-state index in [1.807, 2.05) is 32.0 Å². The quantitative estimate of drug-likeness (QED) is 0.685. The summed E-state index contributed by atoms with van der Waals surface area (Å²) in [6.07, 6.45) is 4.38. The number of fused-ring (bicyclic) bond motifs is 2. The molecule has 0 heterocycles. The van der Waals surface area contributed by atoms with Crippen LogP contribution in [0.25, 0.3) is 10.8 Å². The van der Waals surface area contributed by atoms with Crippen molar-refractivity contribution >= 4 is 22.4 Å². The van der Waals surface area contributed by atoms with Crippen LogP contribution < -0.4 is 9.47 Å². The average Bonchev–Trinajstić information content (AvgIpc) is 2.69. The van der Waals surface area contributed by atoms with Crippen LogP contribution in [-0.2, 0) is 12.8 Å². The van der Waals surface area contributed by atoms with Crippen molar-refractivity contribution in [2.45, 2.75) is 64.6 Å². The molecule has 0 amide bonds. The maximum Gasteiger partial charge on any atom is 0.131 e. The minimum absolute atomic E-state index is 0.263. The summed E-state index contributed by atoms with van der Waals surface area (Å²) in [7, 11) is 0. The number of aliphatic hydroxyl groups is 2. The Balaban J connectivity index is 2.12. The number of hydrogen-bond donors (Lipinski definition) is 2. The van der Waals surface area contributed by atoms with E-state index < -0.39 is 12.2 Å². The van der Waals surface area contributed by atoms with Crippen LogP contribution in [0.1, 0.15) is 50.7 Å². The Morgan fingerprint density at radius 1 is 0.889 bits per heavy atom. The summed E-state index contributed by atoms with van der Waals surface area (Å²) in [6, 6.07) is 5.72. The van der Waals surface area contributed by atoms with Crippen molar-refractivity contribution in [3.8, 4) is 11.5 Å². The fraction of sp³-hybridized carbons (Fsp3) is 0.545. The first-order valence-electron chi connectivity index (χ1n) is 9.93. The van der Waals surface area contributed by atoms with E-state index in [1.54, 1.807) is 0 Å². The largest absolute Gasteiger partial charge is 0.490 e. The van der Waals surface area contributed by atoms with Gasteiger partial charge in [-0.25, -0.2) is 0 Å². The number of aliphatic hydroxyl groups excluding tert-OH is 2. The predicted molar refractivity (Wildman–Crippen MR) is 109 cm³/mol. The lowest BCUT2D eigenvalue weighted by Crippen LogP contribution is -2.20. The van der Waals surface area contributed by atoms with Crippen LogP contribution in [0.15, 0.2) is 18.2 Å². The normalized spacial score (nSPS) is 16.0. The van der Waals surface area contributed by atoms with Crippen LogP contribution in [-0.4, -0.2) is 35.6 Å². The second-order valence-corrected chi connectivity index (χ2v) is 7.69. The molecular weight excluding hydrogens is 364 g/mol. The summed E-state index contributed by atoms with van der Waals surface area (Å²) >= 11 is 6.28. The molecule has 2 atom stereocenters. The summed E-state index contributed by atoms with van der Waals surface area (Å²) in [5.74, 6) is 1.66. The first-order valence-corrected chi connectivity index (χ1v) is 10.3. The lowest BCUT2D eigenvalue weighted by Gasteiger charge is -2.26. The van der Waals surface area contributed by atoms with Gasteiger partial charge in [-0.1, -0.05) is 25.4 Å². The Morgan fingerprint density at radius 2 is 1.41 bits per heavy atom. The van der Waals surface area contributed by atoms with E-state index in [-0.39, 0.29) is 13.2 Å². The van der Waals surface area contributed by atoms with Gasteiger partial charge < -0.3 is 19.7 Å². The van der Waals surface area contributed by atoms with Crippen molar-refractivity contribution in [1.82, 2.24) is 0 Å². The van der Waals surface area contributed by atoms with Gasteiger partial charge in [0.1, 0.15) is 24.7 Å². The molecule has 2 aromatic carbocycles. The molecule has 0 spiro atoms. The number of halogens is 1. The zero-order valence-corrected chi connectivity index (χ0v) is 16.9. The first-order chi connectivity index (χ1) is 13.0. The molecule has 0 saturated carbocycles. The van der Waals surface area contributed by atoms with Crippen molar-refractivity contribution in [2.75, 3.05) is 13.2 Å². The van der Waals surface area contributed by atoms with Crippen LogP contribution in [0, 0.1) is 0 Å². The van der Waals surface area contributed by atoms with Crippen LogP contribution in [0.4, 0.5) is 0 Å². The summed E-state index contributed by atoms with van der Waals surface area (Å²) in [5, 5.41) is 22.4. The number of hydrogen-bond acceptors (Lipinski definition) is 4.